The molecule has 0 aromatic rings. The average molecular weight is 214 g/mol. The van der Waals surface area contributed by atoms with Crippen LogP contribution in [0.25, 0.3) is 0 Å². The zero-order chi connectivity index (χ0) is 11.7. The Bertz CT molecular complexity index is 143. The van der Waals surface area contributed by atoms with E-state index >= 15 is 0 Å². The first-order valence-corrected chi connectivity index (χ1v) is 6.46. The Labute approximate surface area is 96.2 Å². The minimum absolute atomic E-state index is 0.407. The Morgan fingerprint density at radius 3 is 2.27 bits per heavy atom. The van der Waals surface area contributed by atoms with Gasteiger partial charge < -0.3 is 10.6 Å². The molecule has 0 fully saturated rings. The molecule has 0 saturated heterocycles. The smallest absolute Gasteiger partial charge is 0.0130 e. The fraction of sp³-hybridized carbons (Fsp3) is 1.00. The summed E-state index contributed by atoms with van der Waals surface area (Å²) in [4.78, 5) is 0. The highest BCUT2D eigenvalue weighted by Crippen LogP contribution is 2.26. The molecule has 2 nitrogen and oxygen atoms in total. The molecular weight excluding hydrogens is 184 g/mol. The van der Waals surface area contributed by atoms with Crippen LogP contribution < -0.4 is 10.6 Å². The van der Waals surface area contributed by atoms with E-state index in [1.165, 1.54) is 25.7 Å². The average Bonchev–Trinajstić information content (AvgIpc) is 2.23. The van der Waals surface area contributed by atoms with Gasteiger partial charge in [0, 0.05) is 6.04 Å². The molecule has 1 unspecified atom stereocenters. The van der Waals surface area contributed by atoms with Crippen LogP contribution in [0.15, 0.2) is 0 Å². The van der Waals surface area contributed by atoms with E-state index in [1.54, 1.807) is 0 Å². The predicted molar refractivity (Wildman–Crippen MR) is 69.3 cm³/mol. The van der Waals surface area contributed by atoms with Crippen molar-refractivity contribution in [3.05, 3.63) is 0 Å². The normalized spacial score (nSPS) is 14.2. The fourth-order valence-corrected chi connectivity index (χ4v) is 1.76. The molecule has 0 aromatic carbocycles. The SMILES string of the molecule is CCCCNC(CCNC)C(C)(C)CC. The zero-order valence-corrected chi connectivity index (χ0v) is 11.3. The van der Waals surface area contributed by atoms with Gasteiger partial charge in [-0.05, 0) is 44.8 Å². The lowest BCUT2D eigenvalue weighted by molar-refractivity contribution is 0.219. The van der Waals surface area contributed by atoms with Crippen LogP contribution >= 0.6 is 0 Å². The molecule has 0 aliphatic heterocycles. The molecule has 0 rings (SSSR count). The van der Waals surface area contributed by atoms with Crippen molar-refractivity contribution in [3.8, 4) is 0 Å². The molecule has 92 valence electrons. The second-order valence-electron chi connectivity index (χ2n) is 5.09. The van der Waals surface area contributed by atoms with Crippen LogP contribution in [0.5, 0.6) is 0 Å². The summed E-state index contributed by atoms with van der Waals surface area (Å²) in [5.74, 6) is 0. The number of hydrogen-bond donors (Lipinski definition) is 2. The molecule has 0 aromatic heterocycles. The molecular formula is C13H30N2. The maximum Gasteiger partial charge on any atom is 0.0130 e. The van der Waals surface area contributed by atoms with Crippen molar-refractivity contribution < 1.29 is 0 Å². The van der Waals surface area contributed by atoms with Crippen molar-refractivity contribution in [2.45, 2.75) is 59.4 Å². The maximum atomic E-state index is 3.71. The molecule has 2 heteroatoms. The van der Waals surface area contributed by atoms with Gasteiger partial charge in [-0.1, -0.05) is 34.1 Å². The van der Waals surface area contributed by atoms with E-state index in [4.69, 9.17) is 0 Å². The Balaban J connectivity index is 4.05. The molecule has 15 heavy (non-hydrogen) atoms. The quantitative estimate of drug-likeness (QED) is 0.577. The van der Waals surface area contributed by atoms with Gasteiger partial charge in [-0.3, -0.25) is 0 Å². The zero-order valence-electron chi connectivity index (χ0n) is 11.3. The van der Waals surface area contributed by atoms with Crippen LogP contribution in [0.2, 0.25) is 0 Å². The van der Waals surface area contributed by atoms with Crippen LogP contribution in [0.3, 0.4) is 0 Å². The summed E-state index contributed by atoms with van der Waals surface area (Å²) < 4.78 is 0. The van der Waals surface area contributed by atoms with Crippen molar-refractivity contribution >= 4 is 0 Å². The van der Waals surface area contributed by atoms with Gasteiger partial charge in [0.15, 0.2) is 0 Å². The third-order valence-electron chi connectivity index (χ3n) is 3.46. The molecule has 0 saturated carbocycles. The van der Waals surface area contributed by atoms with Crippen molar-refractivity contribution in [2.75, 3.05) is 20.1 Å². The van der Waals surface area contributed by atoms with Crippen LogP contribution in [0, 0.1) is 5.41 Å². The Kier molecular flexibility index (Phi) is 8.07. The van der Waals surface area contributed by atoms with Gasteiger partial charge in [0.05, 0.1) is 0 Å². The van der Waals surface area contributed by atoms with Crippen molar-refractivity contribution in [2.24, 2.45) is 5.41 Å². The van der Waals surface area contributed by atoms with Crippen LogP contribution in [-0.4, -0.2) is 26.2 Å². The Morgan fingerprint density at radius 2 is 1.80 bits per heavy atom. The van der Waals surface area contributed by atoms with Crippen molar-refractivity contribution in [1.82, 2.24) is 10.6 Å². The molecule has 0 aliphatic rings. The lowest BCUT2D eigenvalue weighted by Gasteiger charge is -2.34. The van der Waals surface area contributed by atoms with E-state index in [1.807, 2.05) is 7.05 Å². The van der Waals surface area contributed by atoms with E-state index < -0.39 is 0 Å². The summed E-state index contributed by atoms with van der Waals surface area (Å²) >= 11 is 0. The largest absolute Gasteiger partial charge is 0.320 e. The number of rotatable bonds is 9. The topological polar surface area (TPSA) is 24.1 Å². The molecule has 0 amide bonds. The third-order valence-corrected chi connectivity index (χ3v) is 3.46. The minimum atomic E-state index is 0.407. The number of hydrogen-bond acceptors (Lipinski definition) is 2. The van der Waals surface area contributed by atoms with E-state index in [-0.39, 0.29) is 0 Å². The lowest BCUT2D eigenvalue weighted by Crippen LogP contribution is -2.43. The summed E-state index contributed by atoms with van der Waals surface area (Å²) in [5, 5.41) is 6.95. The molecule has 0 radical (unpaired) electrons. The van der Waals surface area contributed by atoms with Crippen LogP contribution in [0.4, 0.5) is 0 Å². The summed E-state index contributed by atoms with van der Waals surface area (Å²) in [6.45, 7) is 11.5. The molecule has 2 N–H and O–H groups in total. The van der Waals surface area contributed by atoms with E-state index in [9.17, 15) is 0 Å². The summed E-state index contributed by atoms with van der Waals surface area (Å²) in [5.41, 5.74) is 0.407. The summed E-state index contributed by atoms with van der Waals surface area (Å²) in [6, 6.07) is 0.640. The second kappa shape index (κ2) is 8.12. The van der Waals surface area contributed by atoms with Gasteiger partial charge in [-0.15, -0.1) is 0 Å². The maximum absolute atomic E-state index is 3.71. The molecule has 1 atom stereocenters. The molecule has 0 aliphatic carbocycles. The van der Waals surface area contributed by atoms with Crippen LogP contribution in [-0.2, 0) is 0 Å². The third kappa shape index (κ3) is 6.16. The minimum Gasteiger partial charge on any atom is -0.320 e. The lowest BCUT2D eigenvalue weighted by atomic mass is 9.80. The van der Waals surface area contributed by atoms with Gasteiger partial charge in [-0.2, -0.15) is 0 Å². The standard InChI is InChI=1S/C13H30N2/c1-6-8-10-15-12(9-11-14-5)13(3,4)7-2/h12,14-15H,6-11H2,1-5H3. The van der Waals surface area contributed by atoms with E-state index in [0.29, 0.717) is 11.5 Å². The highest BCUT2D eigenvalue weighted by molar-refractivity contribution is 4.83. The number of unbranched alkanes of at least 4 members (excludes halogenated alkanes) is 1. The van der Waals surface area contributed by atoms with Gasteiger partial charge in [0.1, 0.15) is 0 Å². The van der Waals surface area contributed by atoms with Gasteiger partial charge in [0.2, 0.25) is 0 Å². The first-order valence-electron chi connectivity index (χ1n) is 6.46. The Hall–Kier alpha value is -0.0800. The van der Waals surface area contributed by atoms with Crippen LogP contribution in [0.1, 0.15) is 53.4 Å². The molecule has 0 heterocycles. The predicted octanol–water partition coefficient (Wildman–Crippen LogP) is 2.79. The van der Waals surface area contributed by atoms with Gasteiger partial charge in [-0.25, -0.2) is 0 Å². The molecule has 0 bridgehead atoms. The van der Waals surface area contributed by atoms with E-state index in [2.05, 4.69) is 38.3 Å². The fourth-order valence-electron chi connectivity index (χ4n) is 1.76. The first kappa shape index (κ1) is 14.9. The van der Waals surface area contributed by atoms with Gasteiger partial charge in [0.25, 0.3) is 0 Å². The Morgan fingerprint density at radius 1 is 1.13 bits per heavy atom. The first-order chi connectivity index (χ1) is 7.08. The van der Waals surface area contributed by atoms with E-state index in [0.717, 1.165) is 13.1 Å². The highest BCUT2D eigenvalue weighted by atomic mass is 14.9. The monoisotopic (exact) mass is 214 g/mol. The van der Waals surface area contributed by atoms with Crippen molar-refractivity contribution in [1.29, 1.82) is 0 Å². The van der Waals surface area contributed by atoms with Gasteiger partial charge >= 0.3 is 0 Å². The highest BCUT2D eigenvalue weighted by Gasteiger charge is 2.26. The summed E-state index contributed by atoms with van der Waals surface area (Å²) in [6.07, 6.45) is 5.02. The molecule has 0 spiro atoms. The van der Waals surface area contributed by atoms with Crippen molar-refractivity contribution in [3.63, 3.8) is 0 Å². The number of nitrogens with one attached hydrogen (secondary N) is 2. The summed E-state index contributed by atoms with van der Waals surface area (Å²) in [7, 11) is 2.03. The second-order valence-corrected chi connectivity index (χ2v) is 5.09.